The van der Waals surface area contributed by atoms with E-state index in [-0.39, 0.29) is 30.2 Å². The van der Waals surface area contributed by atoms with Crippen molar-refractivity contribution < 1.29 is 19.8 Å². The molecule has 0 aromatic heterocycles. The van der Waals surface area contributed by atoms with Gasteiger partial charge in [-0.2, -0.15) is 0 Å². The number of benzene rings is 2. The van der Waals surface area contributed by atoms with Crippen LogP contribution in [0, 0.1) is 0 Å². The summed E-state index contributed by atoms with van der Waals surface area (Å²) in [6.45, 7) is 0. The Kier molecular flexibility index (Phi) is 4.85. The monoisotopic (exact) mass is 284 g/mol. The molecule has 0 heterocycles. The van der Waals surface area contributed by atoms with Crippen LogP contribution in [0.15, 0.2) is 54.6 Å². The Morgan fingerprint density at radius 2 is 1.29 bits per heavy atom. The molecule has 0 aliphatic heterocycles. The normalized spacial score (nSPS) is 11.9. The summed E-state index contributed by atoms with van der Waals surface area (Å²) < 4.78 is 0. The molecule has 0 saturated carbocycles. The third-order valence-corrected chi connectivity index (χ3v) is 3.13. The van der Waals surface area contributed by atoms with Crippen LogP contribution in [-0.2, 0) is 0 Å². The molecule has 2 N–H and O–H groups in total. The Balaban J connectivity index is 1.92. The largest absolute Gasteiger partial charge is 0.508 e. The average Bonchev–Trinajstić information content (AvgIpc) is 2.48. The number of hydrogen-bond acceptors (Lipinski definition) is 4. The van der Waals surface area contributed by atoms with E-state index in [0.717, 1.165) is 0 Å². The van der Waals surface area contributed by atoms with Gasteiger partial charge in [0.15, 0.2) is 11.6 Å². The van der Waals surface area contributed by atoms with Gasteiger partial charge in [0.05, 0.1) is 6.10 Å². The molecule has 0 radical (unpaired) electrons. The molecule has 0 spiro atoms. The second-order valence-electron chi connectivity index (χ2n) is 4.82. The van der Waals surface area contributed by atoms with E-state index in [1.807, 2.05) is 6.07 Å². The zero-order valence-corrected chi connectivity index (χ0v) is 11.4. The van der Waals surface area contributed by atoms with Gasteiger partial charge in [0, 0.05) is 24.0 Å². The summed E-state index contributed by atoms with van der Waals surface area (Å²) in [4.78, 5) is 23.8. The summed E-state index contributed by atoms with van der Waals surface area (Å²) in [5, 5.41) is 19.0. The van der Waals surface area contributed by atoms with E-state index < -0.39 is 6.10 Å². The molecule has 21 heavy (non-hydrogen) atoms. The van der Waals surface area contributed by atoms with Gasteiger partial charge in [0.1, 0.15) is 5.75 Å². The number of aromatic hydroxyl groups is 1. The molecule has 2 rings (SSSR count). The Morgan fingerprint density at radius 3 is 1.81 bits per heavy atom. The van der Waals surface area contributed by atoms with E-state index in [0.29, 0.717) is 11.1 Å². The smallest absolute Gasteiger partial charge is 0.165 e. The Morgan fingerprint density at radius 1 is 0.810 bits per heavy atom. The van der Waals surface area contributed by atoms with Gasteiger partial charge >= 0.3 is 0 Å². The number of phenols is 1. The van der Waals surface area contributed by atoms with E-state index in [9.17, 15) is 14.7 Å². The molecule has 2 aromatic rings. The highest BCUT2D eigenvalue weighted by atomic mass is 16.3. The van der Waals surface area contributed by atoms with Crippen molar-refractivity contribution in [2.75, 3.05) is 0 Å². The van der Waals surface area contributed by atoms with Gasteiger partial charge in [-0.15, -0.1) is 0 Å². The van der Waals surface area contributed by atoms with Crippen LogP contribution in [0.2, 0.25) is 0 Å². The lowest BCUT2D eigenvalue weighted by atomic mass is 9.99. The van der Waals surface area contributed by atoms with Gasteiger partial charge in [-0.25, -0.2) is 0 Å². The van der Waals surface area contributed by atoms with Gasteiger partial charge in [-0.3, -0.25) is 9.59 Å². The number of aliphatic hydroxyl groups is 1. The Hall–Kier alpha value is -2.46. The van der Waals surface area contributed by atoms with Crippen LogP contribution < -0.4 is 0 Å². The minimum Gasteiger partial charge on any atom is -0.508 e. The second-order valence-corrected chi connectivity index (χ2v) is 4.82. The topological polar surface area (TPSA) is 74.6 Å². The first-order chi connectivity index (χ1) is 10.1. The van der Waals surface area contributed by atoms with Crippen LogP contribution in [0.3, 0.4) is 0 Å². The van der Waals surface area contributed by atoms with Crippen LogP contribution in [0.1, 0.15) is 33.6 Å². The van der Waals surface area contributed by atoms with E-state index in [4.69, 9.17) is 5.11 Å². The number of phenolic OH excluding ortho intramolecular Hbond substituents is 1. The molecule has 2 aromatic carbocycles. The summed E-state index contributed by atoms with van der Waals surface area (Å²) in [7, 11) is 0. The molecule has 1 unspecified atom stereocenters. The molecule has 0 bridgehead atoms. The van der Waals surface area contributed by atoms with Crippen molar-refractivity contribution in [2.24, 2.45) is 0 Å². The number of ketones is 2. The first kappa shape index (κ1) is 14.9. The fourth-order valence-corrected chi connectivity index (χ4v) is 2.01. The predicted molar refractivity (Wildman–Crippen MR) is 78.5 cm³/mol. The maximum Gasteiger partial charge on any atom is 0.165 e. The van der Waals surface area contributed by atoms with Crippen molar-refractivity contribution >= 4 is 11.6 Å². The van der Waals surface area contributed by atoms with E-state index in [1.54, 1.807) is 24.3 Å². The molecule has 0 fully saturated rings. The standard InChI is InChI=1S/C17H16O4/c18-14-8-6-13(7-9-14)17(21)11-15(19)10-16(20)12-4-2-1-3-5-12/h1-9,15,18-19H,10-11H2. The van der Waals surface area contributed by atoms with Crippen LogP contribution in [0.5, 0.6) is 5.75 Å². The lowest BCUT2D eigenvalue weighted by molar-refractivity contribution is 0.0797. The minimum atomic E-state index is -1.01. The van der Waals surface area contributed by atoms with Crippen molar-refractivity contribution in [1.29, 1.82) is 0 Å². The fourth-order valence-electron chi connectivity index (χ4n) is 2.01. The minimum absolute atomic E-state index is 0.0753. The highest BCUT2D eigenvalue weighted by Crippen LogP contribution is 2.14. The SMILES string of the molecule is O=C(CC(O)CC(=O)c1ccc(O)cc1)c1ccccc1. The lowest BCUT2D eigenvalue weighted by Crippen LogP contribution is -2.18. The number of hydrogen-bond donors (Lipinski definition) is 2. The third-order valence-electron chi connectivity index (χ3n) is 3.13. The zero-order chi connectivity index (χ0) is 15.2. The van der Waals surface area contributed by atoms with Crippen molar-refractivity contribution in [3.8, 4) is 5.75 Å². The molecular formula is C17H16O4. The highest BCUT2D eigenvalue weighted by molar-refractivity contribution is 5.99. The highest BCUT2D eigenvalue weighted by Gasteiger charge is 2.17. The van der Waals surface area contributed by atoms with Crippen LogP contribution in [0.25, 0.3) is 0 Å². The molecule has 0 aliphatic carbocycles. The molecule has 4 heteroatoms. The number of rotatable bonds is 6. The van der Waals surface area contributed by atoms with Gasteiger partial charge in [0.2, 0.25) is 0 Å². The summed E-state index contributed by atoms with van der Waals surface area (Å²) in [5.41, 5.74) is 0.924. The summed E-state index contributed by atoms with van der Waals surface area (Å²) >= 11 is 0. The first-order valence-electron chi connectivity index (χ1n) is 6.65. The molecule has 0 saturated heterocycles. The molecular weight excluding hydrogens is 268 g/mol. The third kappa shape index (κ3) is 4.26. The lowest BCUT2D eigenvalue weighted by Gasteiger charge is -2.09. The number of carbonyl (C=O) groups excluding carboxylic acids is 2. The fraction of sp³-hybridized carbons (Fsp3) is 0.176. The molecule has 0 aliphatic rings. The quantitative estimate of drug-likeness (QED) is 0.800. The van der Waals surface area contributed by atoms with Crippen LogP contribution in [0.4, 0.5) is 0 Å². The van der Waals surface area contributed by atoms with E-state index in [1.165, 1.54) is 24.3 Å². The Labute approximate surface area is 122 Å². The maximum atomic E-state index is 11.9. The number of aliphatic hydroxyl groups excluding tert-OH is 1. The van der Waals surface area contributed by atoms with Crippen molar-refractivity contribution in [1.82, 2.24) is 0 Å². The average molecular weight is 284 g/mol. The molecule has 1 atom stereocenters. The second kappa shape index (κ2) is 6.81. The van der Waals surface area contributed by atoms with E-state index >= 15 is 0 Å². The van der Waals surface area contributed by atoms with Crippen molar-refractivity contribution in [3.63, 3.8) is 0 Å². The first-order valence-corrected chi connectivity index (χ1v) is 6.65. The van der Waals surface area contributed by atoms with Gasteiger partial charge in [-0.1, -0.05) is 30.3 Å². The van der Waals surface area contributed by atoms with Gasteiger partial charge in [0.25, 0.3) is 0 Å². The number of Topliss-reactive ketones (excluding diaryl/α,β-unsaturated/α-hetero) is 2. The van der Waals surface area contributed by atoms with Crippen molar-refractivity contribution in [3.05, 3.63) is 65.7 Å². The zero-order valence-electron chi connectivity index (χ0n) is 11.4. The summed E-state index contributed by atoms with van der Waals surface area (Å²) in [5.74, 6) is -0.378. The number of carbonyl (C=O) groups is 2. The summed E-state index contributed by atoms with van der Waals surface area (Å²) in [6, 6.07) is 14.5. The predicted octanol–water partition coefficient (Wildman–Crippen LogP) is 2.60. The molecule has 108 valence electrons. The van der Waals surface area contributed by atoms with Crippen LogP contribution in [-0.4, -0.2) is 27.9 Å². The van der Waals surface area contributed by atoms with E-state index in [2.05, 4.69) is 0 Å². The summed E-state index contributed by atoms with van der Waals surface area (Å²) in [6.07, 6.45) is -1.23. The van der Waals surface area contributed by atoms with Gasteiger partial charge in [-0.05, 0) is 24.3 Å². The van der Waals surface area contributed by atoms with Crippen molar-refractivity contribution in [2.45, 2.75) is 18.9 Å². The molecule has 0 amide bonds. The maximum absolute atomic E-state index is 11.9. The van der Waals surface area contributed by atoms with Gasteiger partial charge < -0.3 is 10.2 Å². The Bertz CT molecular complexity index is 617. The molecule has 4 nitrogen and oxygen atoms in total. The van der Waals surface area contributed by atoms with Crippen LogP contribution >= 0.6 is 0 Å².